The highest BCUT2D eigenvalue weighted by atomic mass is 35.5. The molecule has 1 aromatic carbocycles. The summed E-state index contributed by atoms with van der Waals surface area (Å²) in [6, 6.07) is 5.36. The Morgan fingerprint density at radius 2 is 2.06 bits per heavy atom. The number of hydrogen-bond acceptors (Lipinski definition) is 9. The smallest absolute Gasteiger partial charge is 0.163 e. The van der Waals surface area contributed by atoms with Crippen LogP contribution in [-0.2, 0) is 4.74 Å². The monoisotopic (exact) mass is 513 g/mol. The van der Waals surface area contributed by atoms with Gasteiger partial charge in [-0.1, -0.05) is 16.8 Å². The minimum atomic E-state index is -0.626. The van der Waals surface area contributed by atoms with Crippen LogP contribution in [-0.4, -0.2) is 71.8 Å². The van der Waals surface area contributed by atoms with Crippen LogP contribution in [0.1, 0.15) is 29.9 Å². The summed E-state index contributed by atoms with van der Waals surface area (Å²) in [6.07, 6.45) is 1.54. The number of aryl methyl sites for hydroxylation is 2. The van der Waals surface area contributed by atoms with Crippen LogP contribution in [0.5, 0.6) is 5.75 Å². The Balaban J connectivity index is 1.55. The first kappa shape index (κ1) is 25.0. The van der Waals surface area contributed by atoms with E-state index < -0.39 is 6.10 Å². The van der Waals surface area contributed by atoms with Gasteiger partial charge in [0.15, 0.2) is 5.82 Å². The van der Waals surface area contributed by atoms with Gasteiger partial charge in [-0.25, -0.2) is 9.97 Å². The summed E-state index contributed by atoms with van der Waals surface area (Å²) in [7, 11) is 1.78. The lowest BCUT2D eigenvalue weighted by Gasteiger charge is -2.48. The van der Waals surface area contributed by atoms with Gasteiger partial charge in [-0.2, -0.15) is 0 Å². The standard InChI is InChI=1S/C26H32ClN5O4/c1-15-23(22-16(2)31-36-17(22)3)29-24(30-25(15)32-13-26(14-32)8-5-9-35-26)20-10-19(6-7-21(20)27)34-12-18(33)11-28-4/h6-7,10,18,28,33H,5,8-9,11-14H2,1-4H3. The largest absolute Gasteiger partial charge is 0.491 e. The van der Waals surface area contributed by atoms with E-state index in [1.165, 1.54) is 0 Å². The van der Waals surface area contributed by atoms with E-state index in [0.29, 0.717) is 34.5 Å². The van der Waals surface area contributed by atoms with E-state index in [1.54, 1.807) is 19.2 Å². The molecule has 0 bridgehead atoms. The molecule has 1 atom stereocenters. The summed E-state index contributed by atoms with van der Waals surface area (Å²) in [5.74, 6) is 2.62. The Morgan fingerprint density at radius 3 is 2.72 bits per heavy atom. The fourth-order valence-corrected chi connectivity index (χ4v) is 5.26. The van der Waals surface area contributed by atoms with Crippen molar-refractivity contribution in [3.8, 4) is 28.4 Å². The van der Waals surface area contributed by atoms with Crippen LogP contribution in [0.15, 0.2) is 22.7 Å². The summed E-state index contributed by atoms with van der Waals surface area (Å²) >= 11 is 6.64. The van der Waals surface area contributed by atoms with E-state index >= 15 is 0 Å². The second-order valence-electron chi connectivity index (χ2n) is 9.70. The molecule has 2 aliphatic heterocycles. The molecule has 2 aliphatic rings. The number of aromatic nitrogens is 3. The van der Waals surface area contributed by atoms with Gasteiger partial charge >= 0.3 is 0 Å². The maximum atomic E-state index is 10.0. The van der Waals surface area contributed by atoms with Gasteiger partial charge in [0.05, 0.1) is 35.1 Å². The SMILES string of the molecule is CNCC(O)COc1ccc(Cl)c(-c2nc(-c3c(C)noc3C)c(C)c(N3CC4(CCCO4)C3)n2)c1. The number of ether oxygens (including phenoxy) is 2. The molecule has 3 aromatic rings. The van der Waals surface area contributed by atoms with Gasteiger partial charge in [-0.3, -0.25) is 0 Å². The molecule has 0 radical (unpaired) electrons. The van der Waals surface area contributed by atoms with Crippen LogP contribution in [0.3, 0.4) is 0 Å². The molecule has 9 nitrogen and oxygen atoms in total. The molecule has 4 heterocycles. The predicted octanol–water partition coefficient (Wildman–Crippen LogP) is 3.71. The van der Waals surface area contributed by atoms with Crippen LogP contribution >= 0.6 is 11.6 Å². The molecule has 2 fully saturated rings. The lowest BCUT2D eigenvalue weighted by atomic mass is 9.90. The molecule has 2 aromatic heterocycles. The number of hydrogen-bond donors (Lipinski definition) is 2. The Labute approximate surface area is 215 Å². The van der Waals surface area contributed by atoms with E-state index in [9.17, 15) is 5.11 Å². The van der Waals surface area contributed by atoms with Crippen molar-refractivity contribution in [2.24, 2.45) is 0 Å². The molecule has 2 N–H and O–H groups in total. The number of aliphatic hydroxyl groups excluding tert-OH is 1. The van der Waals surface area contributed by atoms with E-state index in [2.05, 4.69) is 15.4 Å². The number of likely N-dealkylation sites (N-methyl/N-ethyl adjacent to an activating group) is 1. The number of halogens is 1. The van der Waals surface area contributed by atoms with Gasteiger partial charge in [-0.05, 0) is 58.9 Å². The van der Waals surface area contributed by atoms with Crippen LogP contribution in [0.4, 0.5) is 5.82 Å². The number of aliphatic hydroxyl groups is 1. The molecule has 2 saturated heterocycles. The zero-order chi connectivity index (χ0) is 25.4. The van der Waals surface area contributed by atoms with Crippen LogP contribution in [0, 0.1) is 20.8 Å². The second-order valence-corrected chi connectivity index (χ2v) is 10.1. The molecule has 5 rings (SSSR count). The first-order chi connectivity index (χ1) is 17.3. The molecule has 10 heteroatoms. The first-order valence-corrected chi connectivity index (χ1v) is 12.6. The van der Waals surface area contributed by atoms with E-state index in [-0.39, 0.29) is 12.2 Å². The van der Waals surface area contributed by atoms with E-state index in [1.807, 2.05) is 26.8 Å². The Kier molecular flexibility index (Phi) is 6.91. The molecule has 0 amide bonds. The van der Waals surface area contributed by atoms with Crippen molar-refractivity contribution in [3.63, 3.8) is 0 Å². The summed E-state index contributed by atoms with van der Waals surface area (Å²) in [6.45, 7) is 8.84. The number of benzene rings is 1. The molecule has 36 heavy (non-hydrogen) atoms. The van der Waals surface area contributed by atoms with E-state index in [0.717, 1.165) is 60.9 Å². The highest BCUT2D eigenvalue weighted by Crippen LogP contribution is 2.42. The number of anilines is 1. The molecular formula is C26H32ClN5O4. The van der Waals surface area contributed by atoms with Crippen molar-refractivity contribution in [2.45, 2.75) is 45.3 Å². The number of nitrogens with zero attached hydrogens (tertiary/aromatic N) is 4. The Bertz CT molecular complexity index is 1230. The number of rotatable bonds is 8. The second kappa shape index (κ2) is 9.97. The fraction of sp³-hybridized carbons (Fsp3) is 0.500. The van der Waals surface area contributed by atoms with Gasteiger partial charge in [0.2, 0.25) is 0 Å². The summed E-state index contributed by atoms with van der Waals surface area (Å²) in [4.78, 5) is 12.2. The third-order valence-corrected chi connectivity index (χ3v) is 7.22. The average Bonchev–Trinajstić information content (AvgIpc) is 3.45. The normalized spacial score (nSPS) is 17.4. The maximum absolute atomic E-state index is 10.0. The summed E-state index contributed by atoms with van der Waals surface area (Å²) < 4.78 is 17.3. The van der Waals surface area contributed by atoms with Crippen molar-refractivity contribution in [3.05, 3.63) is 40.2 Å². The van der Waals surface area contributed by atoms with Crippen LogP contribution in [0.2, 0.25) is 5.02 Å². The van der Waals surface area contributed by atoms with Crippen LogP contribution < -0.4 is 15.0 Å². The molecular weight excluding hydrogens is 482 g/mol. The zero-order valence-corrected chi connectivity index (χ0v) is 21.9. The predicted molar refractivity (Wildman–Crippen MR) is 138 cm³/mol. The molecule has 1 unspecified atom stereocenters. The van der Waals surface area contributed by atoms with Crippen molar-refractivity contribution < 1.29 is 19.1 Å². The van der Waals surface area contributed by atoms with Gasteiger partial charge in [0.25, 0.3) is 0 Å². The fourth-order valence-electron chi connectivity index (χ4n) is 5.05. The van der Waals surface area contributed by atoms with Gasteiger partial charge in [0, 0.05) is 24.3 Å². The van der Waals surface area contributed by atoms with Gasteiger partial charge in [-0.15, -0.1) is 0 Å². The Morgan fingerprint density at radius 1 is 1.25 bits per heavy atom. The maximum Gasteiger partial charge on any atom is 0.163 e. The lowest BCUT2D eigenvalue weighted by molar-refractivity contribution is -0.0184. The minimum absolute atomic E-state index is 0.0691. The third-order valence-electron chi connectivity index (χ3n) is 6.89. The van der Waals surface area contributed by atoms with Crippen molar-refractivity contribution in [1.29, 1.82) is 0 Å². The number of nitrogens with one attached hydrogen (secondary N) is 1. The highest BCUT2D eigenvalue weighted by molar-refractivity contribution is 6.33. The van der Waals surface area contributed by atoms with Gasteiger partial charge in [0.1, 0.15) is 35.6 Å². The molecule has 192 valence electrons. The molecule has 0 aliphatic carbocycles. The topological polar surface area (TPSA) is 106 Å². The van der Waals surface area contributed by atoms with E-state index in [4.69, 9.17) is 35.6 Å². The third kappa shape index (κ3) is 4.68. The zero-order valence-electron chi connectivity index (χ0n) is 21.1. The summed E-state index contributed by atoms with van der Waals surface area (Å²) in [5, 5.41) is 17.6. The van der Waals surface area contributed by atoms with Crippen molar-refractivity contribution >= 4 is 17.4 Å². The molecule has 1 spiro atoms. The summed E-state index contributed by atoms with van der Waals surface area (Å²) in [5.41, 5.74) is 3.95. The lowest BCUT2D eigenvalue weighted by Crippen LogP contribution is -2.62. The van der Waals surface area contributed by atoms with Crippen molar-refractivity contribution in [1.82, 2.24) is 20.4 Å². The average molecular weight is 514 g/mol. The quantitative estimate of drug-likeness (QED) is 0.466. The Hall–Kier alpha value is -2.72. The highest BCUT2D eigenvalue weighted by Gasteiger charge is 2.47. The van der Waals surface area contributed by atoms with Gasteiger partial charge < -0.3 is 29.3 Å². The van der Waals surface area contributed by atoms with Crippen LogP contribution in [0.25, 0.3) is 22.6 Å². The molecule has 0 saturated carbocycles. The first-order valence-electron chi connectivity index (χ1n) is 12.3. The van der Waals surface area contributed by atoms with Crippen molar-refractivity contribution in [2.75, 3.05) is 44.8 Å². The minimum Gasteiger partial charge on any atom is -0.491 e.